The minimum Gasteiger partial charge on any atom is -0.506 e. The Hall–Kier alpha value is -2.07. The number of hydrogen-bond acceptors (Lipinski definition) is 3. The number of benzene rings is 2. The first-order valence-corrected chi connectivity index (χ1v) is 7.44. The quantitative estimate of drug-likeness (QED) is 0.906. The number of phenols is 1. The fourth-order valence-corrected chi connectivity index (χ4v) is 2.77. The van der Waals surface area contributed by atoms with E-state index < -0.39 is 0 Å². The number of hydrogen-bond donors (Lipinski definition) is 2. The second-order valence-corrected chi connectivity index (χ2v) is 5.49. The molecule has 2 N–H and O–H groups in total. The summed E-state index contributed by atoms with van der Waals surface area (Å²) in [6.45, 7) is 4.45. The van der Waals surface area contributed by atoms with E-state index in [2.05, 4.69) is 12.2 Å². The maximum atomic E-state index is 12.8. The zero-order valence-corrected chi connectivity index (χ0v) is 12.2. The van der Waals surface area contributed by atoms with E-state index in [9.17, 15) is 9.90 Å². The summed E-state index contributed by atoms with van der Waals surface area (Å²) >= 11 is 0. The third-order valence-corrected chi connectivity index (χ3v) is 4.06. The van der Waals surface area contributed by atoms with Gasteiger partial charge in [0.15, 0.2) is 0 Å². The van der Waals surface area contributed by atoms with Gasteiger partial charge in [-0.3, -0.25) is 4.79 Å². The molecule has 0 aromatic heterocycles. The minimum atomic E-state index is -0.0772. The van der Waals surface area contributed by atoms with Crippen molar-refractivity contribution in [3.63, 3.8) is 0 Å². The van der Waals surface area contributed by atoms with Gasteiger partial charge >= 0.3 is 0 Å². The van der Waals surface area contributed by atoms with E-state index in [4.69, 9.17) is 0 Å². The van der Waals surface area contributed by atoms with Crippen LogP contribution >= 0.6 is 0 Å². The summed E-state index contributed by atoms with van der Waals surface area (Å²) in [5.41, 5.74) is 0.397. The van der Waals surface area contributed by atoms with Gasteiger partial charge in [0.05, 0.1) is 11.6 Å². The van der Waals surface area contributed by atoms with Gasteiger partial charge in [-0.15, -0.1) is 0 Å². The molecule has 21 heavy (non-hydrogen) atoms. The van der Waals surface area contributed by atoms with Gasteiger partial charge < -0.3 is 15.3 Å². The van der Waals surface area contributed by atoms with Gasteiger partial charge in [0.1, 0.15) is 5.75 Å². The molecule has 0 saturated carbocycles. The van der Waals surface area contributed by atoms with Crippen molar-refractivity contribution in [3.05, 3.63) is 42.0 Å². The molecule has 0 aliphatic carbocycles. The number of phenolic OH excluding ortho intramolecular Hbond substituents is 1. The number of nitrogens with zero attached hydrogens (tertiary/aromatic N) is 1. The van der Waals surface area contributed by atoms with E-state index in [0.29, 0.717) is 5.56 Å². The zero-order valence-electron chi connectivity index (χ0n) is 12.2. The Morgan fingerprint density at radius 3 is 2.71 bits per heavy atom. The lowest BCUT2D eigenvalue weighted by Gasteiger charge is -2.38. The molecule has 110 valence electrons. The highest BCUT2D eigenvalue weighted by molar-refractivity contribution is 6.03. The predicted octanol–water partition coefficient (Wildman–Crippen LogP) is 2.37. The lowest BCUT2D eigenvalue weighted by atomic mass is 10.0. The molecule has 2 aromatic rings. The number of aromatic hydroxyl groups is 1. The first kappa shape index (κ1) is 13.9. The van der Waals surface area contributed by atoms with Gasteiger partial charge in [-0.2, -0.15) is 0 Å². The van der Waals surface area contributed by atoms with Crippen LogP contribution in [0.5, 0.6) is 5.75 Å². The Morgan fingerprint density at radius 1 is 1.29 bits per heavy atom. The van der Waals surface area contributed by atoms with Crippen molar-refractivity contribution in [1.82, 2.24) is 10.2 Å². The van der Waals surface area contributed by atoms with Crippen LogP contribution < -0.4 is 5.32 Å². The number of amides is 1. The minimum absolute atomic E-state index is 0.0772. The Labute approximate surface area is 124 Å². The molecule has 0 spiro atoms. The summed E-state index contributed by atoms with van der Waals surface area (Å²) in [4.78, 5) is 14.6. The lowest BCUT2D eigenvalue weighted by molar-refractivity contribution is 0.0613. The Morgan fingerprint density at radius 2 is 2.05 bits per heavy atom. The Kier molecular flexibility index (Phi) is 3.80. The monoisotopic (exact) mass is 284 g/mol. The van der Waals surface area contributed by atoms with Crippen molar-refractivity contribution >= 4 is 16.7 Å². The lowest BCUT2D eigenvalue weighted by Crippen LogP contribution is -2.59. The van der Waals surface area contributed by atoms with Crippen molar-refractivity contribution in [2.45, 2.75) is 19.4 Å². The molecule has 0 unspecified atom stereocenters. The summed E-state index contributed by atoms with van der Waals surface area (Å²) in [7, 11) is 0. The molecule has 0 bridgehead atoms. The van der Waals surface area contributed by atoms with Gasteiger partial charge in [-0.25, -0.2) is 0 Å². The second kappa shape index (κ2) is 5.74. The molecule has 1 saturated heterocycles. The maximum Gasteiger partial charge on any atom is 0.257 e. The number of carbonyl (C=O) groups excluding carboxylic acids is 1. The molecular weight excluding hydrogens is 264 g/mol. The molecular formula is C17H20N2O2. The van der Waals surface area contributed by atoms with Gasteiger partial charge in [0, 0.05) is 25.0 Å². The zero-order chi connectivity index (χ0) is 14.8. The van der Waals surface area contributed by atoms with Crippen LogP contribution in [0.4, 0.5) is 0 Å². The molecule has 2 aromatic carbocycles. The van der Waals surface area contributed by atoms with E-state index in [1.54, 1.807) is 6.07 Å². The molecule has 1 heterocycles. The van der Waals surface area contributed by atoms with Crippen LogP contribution in [0, 0.1) is 0 Å². The van der Waals surface area contributed by atoms with Crippen molar-refractivity contribution in [1.29, 1.82) is 0 Å². The fourth-order valence-electron chi connectivity index (χ4n) is 2.77. The van der Waals surface area contributed by atoms with Gasteiger partial charge in [-0.05, 0) is 17.9 Å². The highest BCUT2D eigenvalue weighted by atomic mass is 16.3. The molecule has 4 heteroatoms. The van der Waals surface area contributed by atoms with E-state index in [1.807, 2.05) is 35.2 Å². The fraction of sp³-hybridized carbons (Fsp3) is 0.353. The molecule has 0 atom stereocenters. The van der Waals surface area contributed by atoms with Crippen molar-refractivity contribution in [2.24, 2.45) is 0 Å². The van der Waals surface area contributed by atoms with Crippen LogP contribution in [0.15, 0.2) is 36.4 Å². The largest absolute Gasteiger partial charge is 0.506 e. The van der Waals surface area contributed by atoms with Gasteiger partial charge in [-0.1, -0.05) is 37.3 Å². The van der Waals surface area contributed by atoms with Crippen molar-refractivity contribution in [2.75, 3.05) is 19.6 Å². The normalized spacial score (nSPS) is 14.9. The second-order valence-electron chi connectivity index (χ2n) is 5.49. The summed E-state index contributed by atoms with van der Waals surface area (Å²) in [6.07, 6.45) is 0.913. The first-order valence-electron chi connectivity index (χ1n) is 7.44. The Balaban J connectivity index is 1.98. The third kappa shape index (κ3) is 2.47. The summed E-state index contributed by atoms with van der Waals surface area (Å²) in [5.74, 6) is 0.0121. The molecule has 1 amide bonds. The van der Waals surface area contributed by atoms with E-state index >= 15 is 0 Å². The molecule has 3 rings (SSSR count). The number of fused-ring (bicyclic) bond motifs is 1. The number of carbonyl (C=O) groups is 1. The van der Waals surface area contributed by atoms with E-state index in [-0.39, 0.29) is 17.7 Å². The van der Waals surface area contributed by atoms with E-state index in [0.717, 1.165) is 36.8 Å². The van der Waals surface area contributed by atoms with Crippen LogP contribution in [0.25, 0.3) is 10.8 Å². The highest BCUT2D eigenvalue weighted by Gasteiger charge is 2.30. The van der Waals surface area contributed by atoms with Crippen LogP contribution in [-0.4, -0.2) is 41.6 Å². The van der Waals surface area contributed by atoms with Crippen molar-refractivity contribution < 1.29 is 9.90 Å². The average Bonchev–Trinajstić information content (AvgIpc) is 2.45. The molecule has 1 aliphatic heterocycles. The summed E-state index contributed by atoms with van der Waals surface area (Å²) < 4.78 is 0. The molecule has 0 radical (unpaired) electrons. The van der Waals surface area contributed by atoms with E-state index in [1.165, 1.54) is 0 Å². The van der Waals surface area contributed by atoms with Crippen LogP contribution in [-0.2, 0) is 0 Å². The Bertz CT molecular complexity index is 665. The third-order valence-electron chi connectivity index (χ3n) is 4.06. The first-order chi connectivity index (χ1) is 10.2. The number of nitrogens with one attached hydrogen (secondary N) is 1. The number of rotatable bonds is 4. The summed E-state index contributed by atoms with van der Waals surface area (Å²) in [5, 5.41) is 15.3. The molecule has 1 fully saturated rings. The summed E-state index contributed by atoms with van der Waals surface area (Å²) in [6, 6.07) is 11.4. The smallest absolute Gasteiger partial charge is 0.257 e. The van der Waals surface area contributed by atoms with Gasteiger partial charge in [0.2, 0.25) is 0 Å². The molecule has 4 nitrogen and oxygen atoms in total. The topological polar surface area (TPSA) is 52.6 Å². The average molecular weight is 284 g/mol. The molecule has 1 aliphatic rings. The van der Waals surface area contributed by atoms with Gasteiger partial charge in [0.25, 0.3) is 5.91 Å². The standard InChI is InChI=1S/C17H20N2O2/c1-2-9-19(13-10-18-11-13)17(21)15-8-7-12-5-3-4-6-14(12)16(15)20/h3-8,13,18,20H,2,9-11H2,1H3. The van der Waals surface area contributed by atoms with Crippen LogP contribution in [0.1, 0.15) is 23.7 Å². The highest BCUT2D eigenvalue weighted by Crippen LogP contribution is 2.30. The predicted molar refractivity (Wildman–Crippen MR) is 83.6 cm³/mol. The van der Waals surface area contributed by atoms with Crippen LogP contribution in [0.2, 0.25) is 0 Å². The van der Waals surface area contributed by atoms with Crippen LogP contribution in [0.3, 0.4) is 0 Å². The van der Waals surface area contributed by atoms with Crippen molar-refractivity contribution in [3.8, 4) is 5.75 Å². The SMILES string of the molecule is CCCN(C(=O)c1ccc2ccccc2c1O)C1CNC1. The maximum absolute atomic E-state index is 12.8.